The highest BCUT2D eigenvalue weighted by Gasteiger charge is 2.15. The van der Waals surface area contributed by atoms with E-state index in [2.05, 4.69) is 10.2 Å². The lowest BCUT2D eigenvalue weighted by molar-refractivity contribution is 0.0938. The number of sulfonamides is 1. The minimum Gasteiger partial charge on any atom is -0.497 e. The fourth-order valence-electron chi connectivity index (χ4n) is 2.50. The quantitative estimate of drug-likeness (QED) is 0.639. The van der Waals surface area contributed by atoms with Gasteiger partial charge < -0.3 is 10.1 Å². The summed E-state index contributed by atoms with van der Waals surface area (Å²) in [5, 5.41) is 2.92. The SMILES string of the molecule is CONS(=O)(=O)c1ccc(C(=O)NC(C)CCc2ccc(OC)cc2)cc1. The normalized spacial score (nSPS) is 12.4. The molecule has 8 heteroatoms. The predicted molar refractivity (Wildman–Crippen MR) is 102 cm³/mol. The van der Waals surface area contributed by atoms with Gasteiger partial charge in [0.05, 0.1) is 19.1 Å². The van der Waals surface area contributed by atoms with Gasteiger partial charge in [-0.2, -0.15) is 0 Å². The number of benzene rings is 2. The molecule has 0 bridgehead atoms. The molecule has 2 rings (SSSR count). The van der Waals surface area contributed by atoms with Gasteiger partial charge in [0, 0.05) is 11.6 Å². The van der Waals surface area contributed by atoms with Crippen LogP contribution in [0.4, 0.5) is 0 Å². The monoisotopic (exact) mass is 392 g/mol. The first-order valence-electron chi connectivity index (χ1n) is 8.44. The van der Waals surface area contributed by atoms with Crippen molar-refractivity contribution < 1.29 is 22.8 Å². The average Bonchev–Trinajstić information content (AvgIpc) is 2.67. The molecule has 0 fully saturated rings. The molecule has 7 nitrogen and oxygen atoms in total. The highest BCUT2D eigenvalue weighted by molar-refractivity contribution is 7.89. The van der Waals surface area contributed by atoms with E-state index in [0.717, 1.165) is 24.2 Å². The maximum atomic E-state index is 12.3. The summed E-state index contributed by atoms with van der Waals surface area (Å²) in [6, 6.07) is 13.4. The van der Waals surface area contributed by atoms with Crippen molar-refractivity contribution in [3.05, 3.63) is 59.7 Å². The van der Waals surface area contributed by atoms with Crippen LogP contribution in [0.2, 0.25) is 0 Å². The Hall–Kier alpha value is -2.42. The molecule has 0 saturated heterocycles. The summed E-state index contributed by atoms with van der Waals surface area (Å²) in [7, 11) is -0.890. The number of hydrogen-bond donors (Lipinski definition) is 2. The van der Waals surface area contributed by atoms with E-state index in [1.807, 2.05) is 36.1 Å². The highest BCUT2D eigenvalue weighted by atomic mass is 32.2. The average molecular weight is 392 g/mol. The number of nitrogens with one attached hydrogen (secondary N) is 2. The second-order valence-electron chi connectivity index (χ2n) is 6.08. The number of amides is 1. The molecule has 0 heterocycles. The summed E-state index contributed by atoms with van der Waals surface area (Å²) < 4.78 is 28.7. The number of aryl methyl sites for hydroxylation is 1. The van der Waals surface area contributed by atoms with Crippen LogP contribution in [-0.4, -0.2) is 34.6 Å². The number of ether oxygens (including phenoxy) is 1. The lowest BCUT2D eigenvalue weighted by Crippen LogP contribution is -2.33. The zero-order chi connectivity index (χ0) is 19.9. The van der Waals surface area contributed by atoms with Gasteiger partial charge in [-0.05, 0) is 61.7 Å². The topological polar surface area (TPSA) is 93.7 Å². The van der Waals surface area contributed by atoms with Gasteiger partial charge in [0.15, 0.2) is 0 Å². The summed E-state index contributed by atoms with van der Waals surface area (Å²) in [4.78, 5) is 18.7. The van der Waals surface area contributed by atoms with Crippen LogP contribution in [-0.2, 0) is 21.3 Å². The van der Waals surface area contributed by atoms with Crippen LogP contribution in [0.15, 0.2) is 53.4 Å². The van der Waals surface area contributed by atoms with E-state index in [0.29, 0.717) is 5.56 Å². The Labute approximate surface area is 159 Å². The van der Waals surface area contributed by atoms with Crippen molar-refractivity contribution in [2.75, 3.05) is 14.2 Å². The Morgan fingerprint density at radius 1 is 1.04 bits per heavy atom. The third kappa shape index (κ3) is 6.06. The van der Waals surface area contributed by atoms with Gasteiger partial charge in [-0.3, -0.25) is 9.63 Å². The summed E-state index contributed by atoms with van der Waals surface area (Å²) >= 11 is 0. The number of rotatable bonds is 9. The van der Waals surface area contributed by atoms with Crippen LogP contribution in [0, 0.1) is 0 Å². The Bertz CT molecular complexity index is 849. The van der Waals surface area contributed by atoms with Crippen molar-refractivity contribution in [1.82, 2.24) is 10.2 Å². The van der Waals surface area contributed by atoms with E-state index >= 15 is 0 Å². The van der Waals surface area contributed by atoms with Crippen molar-refractivity contribution in [3.63, 3.8) is 0 Å². The van der Waals surface area contributed by atoms with Crippen LogP contribution in [0.1, 0.15) is 29.3 Å². The number of carbonyl (C=O) groups excluding carboxylic acids is 1. The number of hydrogen-bond acceptors (Lipinski definition) is 5. The van der Waals surface area contributed by atoms with Crippen LogP contribution < -0.4 is 14.9 Å². The van der Waals surface area contributed by atoms with Gasteiger partial charge in [0.2, 0.25) is 0 Å². The van der Waals surface area contributed by atoms with Crippen LogP contribution >= 0.6 is 0 Å². The summed E-state index contributed by atoms with van der Waals surface area (Å²) in [5.74, 6) is 0.562. The van der Waals surface area contributed by atoms with Gasteiger partial charge in [0.1, 0.15) is 5.75 Å². The molecule has 0 radical (unpaired) electrons. The smallest absolute Gasteiger partial charge is 0.262 e. The molecule has 27 heavy (non-hydrogen) atoms. The molecular formula is C19H24N2O5S. The first-order chi connectivity index (χ1) is 12.9. The van der Waals surface area contributed by atoms with Gasteiger partial charge in [-0.15, -0.1) is 0 Å². The Morgan fingerprint density at radius 2 is 1.67 bits per heavy atom. The molecular weight excluding hydrogens is 368 g/mol. The van der Waals surface area contributed by atoms with E-state index < -0.39 is 10.0 Å². The molecule has 1 unspecified atom stereocenters. The van der Waals surface area contributed by atoms with Crippen molar-refractivity contribution in [2.45, 2.75) is 30.7 Å². The summed E-state index contributed by atoms with van der Waals surface area (Å²) in [6.07, 6.45) is 1.60. The third-order valence-electron chi connectivity index (χ3n) is 4.02. The van der Waals surface area contributed by atoms with E-state index in [4.69, 9.17) is 4.74 Å². The summed E-state index contributed by atoms with van der Waals surface area (Å²) in [6.45, 7) is 1.93. The van der Waals surface area contributed by atoms with Gasteiger partial charge in [-0.1, -0.05) is 17.0 Å². The van der Waals surface area contributed by atoms with E-state index in [1.54, 1.807) is 7.11 Å². The van der Waals surface area contributed by atoms with E-state index in [-0.39, 0.29) is 16.8 Å². The lowest BCUT2D eigenvalue weighted by Gasteiger charge is -2.14. The Kier molecular flexibility index (Phi) is 7.35. The maximum absolute atomic E-state index is 12.3. The van der Waals surface area contributed by atoms with Gasteiger partial charge in [0.25, 0.3) is 15.9 Å². The molecule has 0 aliphatic rings. The van der Waals surface area contributed by atoms with Crippen molar-refractivity contribution in [1.29, 1.82) is 0 Å². The molecule has 2 N–H and O–H groups in total. The zero-order valence-electron chi connectivity index (χ0n) is 15.6. The predicted octanol–water partition coefficient (Wildman–Crippen LogP) is 2.29. The first-order valence-corrected chi connectivity index (χ1v) is 9.92. The fourth-order valence-corrected chi connectivity index (χ4v) is 3.31. The summed E-state index contributed by atoms with van der Waals surface area (Å²) in [5.41, 5.74) is 1.56. The number of carbonyl (C=O) groups is 1. The second-order valence-corrected chi connectivity index (χ2v) is 7.72. The lowest BCUT2D eigenvalue weighted by atomic mass is 10.1. The van der Waals surface area contributed by atoms with Gasteiger partial charge >= 0.3 is 0 Å². The Balaban J connectivity index is 1.89. The van der Waals surface area contributed by atoms with E-state index in [9.17, 15) is 13.2 Å². The zero-order valence-corrected chi connectivity index (χ0v) is 16.4. The van der Waals surface area contributed by atoms with Gasteiger partial charge in [-0.25, -0.2) is 8.42 Å². The van der Waals surface area contributed by atoms with Crippen LogP contribution in [0.3, 0.4) is 0 Å². The maximum Gasteiger partial charge on any atom is 0.262 e. The molecule has 2 aromatic rings. The first kappa shape index (κ1) is 20.9. The van der Waals surface area contributed by atoms with Crippen molar-refractivity contribution in [2.24, 2.45) is 0 Å². The minimum atomic E-state index is -3.73. The molecule has 0 spiro atoms. The van der Waals surface area contributed by atoms with Crippen molar-refractivity contribution in [3.8, 4) is 5.75 Å². The minimum absolute atomic E-state index is 0.0217. The molecule has 0 aromatic heterocycles. The fraction of sp³-hybridized carbons (Fsp3) is 0.316. The van der Waals surface area contributed by atoms with E-state index in [1.165, 1.54) is 31.4 Å². The highest BCUT2D eigenvalue weighted by Crippen LogP contribution is 2.14. The van der Waals surface area contributed by atoms with Crippen LogP contribution in [0.5, 0.6) is 5.75 Å². The molecule has 0 saturated carbocycles. The second kappa shape index (κ2) is 9.50. The molecule has 0 aliphatic heterocycles. The molecule has 0 aliphatic carbocycles. The third-order valence-corrected chi connectivity index (χ3v) is 5.30. The molecule has 146 valence electrons. The molecule has 1 amide bonds. The largest absolute Gasteiger partial charge is 0.497 e. The van der Waals surface area contributed by atoms with Crippen molar-refractivity contribution >= 4 is 15.9 Å². The van der Waals surface area contributed by atoms with Crippen LogP contribution in [0.25, 0.3) is 0 Å². The Morgan fingerprint density at radius 3 is 2.22 bits per heavy atom. The number of methoxy groups -OCH3 is 1. The standard InChI is InChI=1S/C19H24N2O5S/c1-14(4-5-15-6-10-17(25-2)11-7-15)20-19(22)16-8-12-18(13-9-16)27(23,24)21-26-3/h6-14,21H,4-5H2,1-3H3,(H,20,22). The molecule has 2 aromatic carbocycles. The molecule has 1 atom stereocenters.